The maximum Gasteiger partial charge on any atom is 0.185 e. The van der Waals surface area contributed by atoms with Crippen molar-refractivity contribution in [2.45, 2.75) is 6.04 Å². The standard InChI is InChI=1S/C3H6N2O3S2/c4-2-1-5(3(2)9)10(6,7)8/h2H,1,4H2,(H,6,7,8). The van der Waals surface area contributed by atoms with Gasteiger partial charge in [-0.05, 0) is 0 Å². The highest BCUT2D eigenvalue weighted by atomic mass is 32.2. The molecule has 1 unspecified atom stereocenters. The largest absolute Gasteiger partial charge is 0.731 e. The summed E-state index contributed by atoms with van der Waals surface area (Å²) < 4.78 is 31.3. The zero-order valence-corrected chi connectivity index (χ0v) is 6.61. The van der Waals surface area contributed by atoms with Crippen molar-refractivity contribution in [1.29, 1.82) is 0 Å². The Kier molecular flexibility index (Phi) is 1.67. The van der Waals surface area contributed by atoms with Crippen molar-refractivity contribution < 1.29 is 18.7 Å². The molecule has 58 valence electrons. The van der Waals surface area contributed by atoms with E-state index >= 15 is 0 Å². The molecule has 0 radical (unpaired) electrons. The molecule has 10 heavy (non-hydrogen) atoms. The number of nitrogens with zero attached hydrogens (tertiary/aromatic N) is 1. The van der Waals surface area contributed by atoms with E-state index in [1.165, 1.54) is 0 Å². The highest BCUT2D eigenvalue weighted by Crippen LogP contribution is 2.12. The molecule has 0 spiro atoms. The Labute approximate surface area is 63.7 Å². The number of thiocarbonyl (C=S) groups is 1. The lowest BCUT2D eigenvalue weighted by molar-refractivity contribution is -0.404. The van der Waals surface area contributed by atoms with Crippen LogP contribution in [0.2, 0.25) is 0 Å². The van der Waals surface area contributed by atoms with Crippen molar-refractivity contribution in [2.24, 2.45) is 0 Å². The van der Waals surface area contributed by atoms with Crippen LogP contribution in [-0.4, -0.2) is 34.9 Å². The quantitative estimate of drug-likeness (QED) is 0.365. The van der Waals surface area contributed by atoms with Crippen LogP contribution in [0, 0.1) is 0 Å². The van der Waals surface area contributed by atoms with E-state index in [2.05, 4.69) is 18.0 Å². The molecule has 7 heteroatoms. The van der Waals surface area contributed by atoms with E-state index in [9.17, 15) is 13.0 Å². The molecule has 1 fully saturated rings. The topological polar surface area (TPSA) is 88.1 Å². The summed E-state index contributed by atoms with van der Waals surface area (Å²) in [6.45, 7) is 0.130. The second kappa shape index (κ2) is 2.12. The lowest BCUT2D eigenvalue weighted by Gasteiger charge is -2.37. The molecule has 0 aliphatic carbocycles. The number of hydrogen-bond acceptors (Lipinski definition) is 4. The molecular weight excluding hydrogens is 176 g/mol. The normalized spacial score (nSPS) is 26.4. The van der Waals surface area contributed by atoms with Crippen molar-refractivity contribution in [3.05, 3.63) is 0 Å². The Morgan fingerprint density at radius 3 is 2.40 bits per heavy atom. The molecule has 0 saturated carbocycles. The Balaban J connectivity index is 2.75. The Hall–Kier alpha value is -0.240. The van der Waals surface area contributed by atoms with Crippen LogP contribution in [-0.2, 0) is 10.3 Å². The van der Waals surface area contributed by atoms with Crippen molar-refractivity contribution in [3.63, 3.8) is 0 Å². The van der Waals surface area contributed by atoms with Gasteiger partial charge in [0, 0.05) is 0 Å². The van der Waals surface area contributed by atoms with Crippen LogP contribution in [0.3, 0.4) is 0 Å². The average molecular weight is 182 g/mol. The lowest BCUT2D eigenvalue weighted by Crippen LogP contribution is -2.78. The van der Waals surface area contributed by atoms with Gasteiger partial charge in [0.05, 0.1) is 6.54 Å². The predicted octanol–water partition coefficient (Wildman–Crippen LogP) is -2.30. The fraction of sp³-hybridized carbons (Fsp3) is 0.667. The third kappa shape index (κ3) is 1.12. The minimum atomic E-state index is -4.35. The van der Waals surface area contributed by atoms with Gasteiger partial charge in [-0.2, -0.15) is 0 Å². The van der Waals surface area contributed by atoms with Gasteiger partial charge in [0.1, 0.15) is 0 Å². The second-order valence-corrected chi connectivity index (χ2v) is 3.74. The first-order chi connectivity index (χ1) is 4.43. The van der Waals surface area contributed by atoms with Gasteiger partial charge in [-0.15, -0.1) is 0 Å². The number of hydrogen-bond donors (Lipinski definition) is 1. The summed E-state index contributed by atoms with van der Waals surface area (Å²) in [5.74, 6) is 0. The minimum Gasteiger partial charge on any atom is -0.731 e. The van der Waals surface area contributed by atoms with E-state index in [0.29, 0.717) is 4.31 Å². The molecular formula is C3H6N2O3S2. The summed E-state index contributed by atoms with van der Waals surface area (Å²) in [5.41, 5.74) is 3.50. The van der Waals surface area contributed by atoms with Gasteiger partial charge < -0.3 is 10.3 Å². The highest BCUT2D eigenvalue weighted by molar-refractivity contribution is 7.87. The fourth-order valence-electron chi connectivity index (χ4n) is 0.661. The van der Waals surface area contributed by atoms with Gasteiger partial charge in [0.25, 0.3) is 0 Å². The van der Waals surface area contributed by atoms with E-state index in [4.69, 9.17) is 0 Å². The number of rotatable bonds is 1. The van der Waals surface area contributed by atoms with Gasteiger partial charge in [-0.3, -0.25) is 4.31 Å². The van der Waals surface area contributed by atoms with Crippen molar-refractivity contribution in [3.8, 4) is 0 Å². The maximum atomic E-state index is 10.2. The van der Waals surface area contributed by atoms with Crippen LogP contribution >= 0.6 is 12.2 Å². The van der Waals surface area contributed by atoms with Crippen LogP contribution in [0.1, 0.15) is 0 Å². The molecule has 1 aliphatic rings. The molecule has 5 nitrogen and oxygen atoms in total. The third-order valence-electron chi connectivity index (χ3n) is 1.25. The third-order valence-corrected chi connectivity index (χ3v) is 2.81. The van der Waals surface area contributed by atoms with Crippen LogP contribution in [0.25, 0.3) is 0 Å². The van der Waals surface area contributed by atoms with Crippen molar-refractivity contribution in [1.82, 2.24) is 4.31 Å². The first kappa shape index (κ1) is 7.86. The van der Waals surface area contributed by atoms with Gasteiger partial charge in [-0.25, -0.2) is 8.42 Å². The molecule has 1 atom stereocenters. The summed E-state index contributed by atoms with van der Waals surface area (Å²) in [7, 11) is -4.35. The summed E-state index contributed by atoms with van der Waals surface area (Å²) >= 11 is 4.56. The van der Waals surface area contributed by atoms with Crippen molar-refractivity contribution in [2.75, 3.05) is 6.54 Å². The monoisotopic (exact) mass is 182 g/mol. The van der Waals surface area contributed by atoms with E-state index in [1.54, 1.807) is 0 Å². The SMILES string of the molecule is [NH3+]C1CN(S(=O)(=O)[O-])C1=S. The zero-order valence-electron chi connectivity index (χ0n) is 4.98. The highest BCUT2D eigenvalue weighted by Gasteiger charge is 2.36. The number of quaternary nitrogens is 1. The molecule has 1 aliphatic heterocycles. The van der Waals surface area contributed by atoms with Crippen LogP contribution in [0.4, 0.5) is 0 Å². The summed E-state index contributed by atoms with van der Waals surface area (Å²) in [4.78, 5) is 0.120. The Morgan fingerprint density at radius 2 is 2.30 bits per heavy atom. The molecule has 0 aromatic heterocycles. The predicted molar refractivity (Wildman–Crippen MR) is 35.7 cm³/mol. The molecule has 1 rings (SSSR count). The zero-order chi connectivity index (χ0) is 7.94. The average Bonchev–Trinajstić information content (AvgIpc) is 1.79. The van der Waals surface area contributed by atoms with Crippen LogP contribution < -0.4 is 5.73 Å². The van der Waals surface area contributed by atoms with E-state index in [0.717, 1.165) is 0 Å². The Bertz CT molecular complexity index is 259. The second-order valence-electron chi connectivity index (χ2n) is 2.02. The van der Waals surface area contributed by atoms with Crippen LogP contribution in [0.15, 0.2) is 0 Å². The van der Waals surface area contributed by atoms with Gasteiger partial charge >= 0.3 is 0 Å². The smallest absolute Gasteiger partial charge is 0.185 e. The lowest BCUT2D eigenvalue weighted by atomic mass is 10.2. The van der Waals surface area contributed by atoms with Crippen molar-refractivity contribution >= 4 is 27.5 Å². The van der Waals surface area contributed by atoms with E-state index in [-0.39, 0.29) is 17.6 Å². The van der Waals surface area contributed by atoms with Gasteiger partial charge in [-0.1, -0.05) is 12.2 Å². The van der Waals surface area contributed by atoms with Gasteiger partial charge in [0.15, 0.2) is 21.3 Å². The van der Waals surface area contributed by atoms with E-state index < -0.39 is 10.3 Å². The molecule has 3 N–H and O–H groups in total. The molecule has 0 aromatic rings. The van der Waals surface area contributed by atoms with Gasteiger partial charge in [0.2, 0.25) is 0 Å². The minimum absolute atomic E-state index is 0.120. The summed E-state index contributed by atoms with van der Waals surface area (Å²) in [6, 6.07) is -0.196. The van der Waals surface area contributed by atoms with Crippen LogP contribution in [0.5, 0.6) is 0 Å². The first-order valence-corrected chi connectivity index (χ1v) is 4.31. The first-order valence-electron chi connectivity index (χ1n) is 2.53. The Morgan fingerprint density at radius 1 is 1.80 bits per heavy atom. The molecule has 1 heterocycles. The maximum absolute atomic E-state index is 10.2. The molecule has 1 saturated heterocycles. The summed E-state index contributed by atoms with van der Waals surface area (Å²) in [6.07, 6.45) is 0. The summed E-state index contributed by atoms with van der Waals surface area (Å²) in [5, 5.41) is 0. The molecule has 0 amide bonds. The fourth-order valence-corrected chi connectivity index (χ4v) is 1.82. The molecule has 0 bridgehead atoms. The van der Waals surface area contributed by atoms with E-state index in [1.807, 2.05) is 0 Å². The molecule has 0 aromatic carbocycles.